The Morgan fingerprint density at radius 1 is 1.30 bits per heavy atom. The van der Waals surface area contributed by atoms with Gasteiger partial charge in [0.1, 0.15) is 11.5 Å². The first-order valence-corrected chi connectivity index (χ1v) is 11.6. The molecule has 11 nitrogen and oxygen atoms in total. The van der Waals surface area contributed by atoms with E-state index in [0.717, 1.165) is 6.07 Å². The van der Waals surface area contributed by atoms with Gasteiger partial charge < -0.3 is 29.8 Å². The molecular weight excluding hydrogens is 487 g/mol. The zero-order chi connectivity index (χ0) is 27.1. The van der Waals surface area contributed by atoms with Gasteiger partial charge in [-0.05, 0) is 57.4 Å². The highest BCUT2D eigenvalue weighted by molar-refractivity contribution is 6.07. The van der Waals surface area contributed by atoms with Gasteiger partial charge in [0.2, 0.25) is 12.7 Å². The summed E-state index contributed by atoms with van der Waals surface area (Å²) >= 11 is 0. The molecule has 3 N–H and O–H groups in total. The van der Waals surface area contributed by atoms with E-state index in [1.807, 2.05) is 0 Å². The molecule has 3 heterocycles. The maximum absolute atomic E-state index is 14.5. The molecular formula is C25H27FN4O7. The molecule has 0 spiro atoms. The fraction of sp³-hybridized carbons (Fsp3) is 0.400. The lowest BCUT2D eigenvalue weighted by Gasteiger charge is -2.44. The van der Waals surface area contributed by atoms with E-state index in [2.05, 4.69) is 15.3 Å². The molecule has 2 aromatic rings. The Labute approximate surface area is 211 Å². The van der Waals surface area contributed by atoms with Gasteiger partial charge in [-0.1, -0.05) is 6.07 Å². The lowest BCUT2D eigenvalue weighted by atomic mass is 9.82. The van der Waals surface area contributed by atoms with Crippen molar-refractivity contribution in [2.75, 3.05) is 12.1 Å². The summed E-state index contributed by atoms with van der Waals surface area (Å²) in [5.74, 6) is -4.09. The van der Waals surface area contributed by atoms with Crippen LogP contribution in [0.1, 0.15) is 50.3 Å². The molecule has 1 aromatic heterocycles. The summed E-state index contributed by atoms with van der Waals surface area (Å²) < 4.78 is 24.7. The van der Waals surface area contributed by atoms with Crippen LogP contribution in [-0.4, -0.2) is 62.7 Å². The maximum Gasteiger partial charge on any atom is 0.358 e. The second-order valence-corrected chi connectivity index (χ2v) is 9.89. The van der Waals surface area contributed by atoms with Gasteiger partial charge in [0.15, 0.2) is 5.82 Å². The molecule has 0 saturated carbocycles. The number of H-pyrrole nitrogens is 1. The van der Waals surface area contributed by atoms with Gasteiger partial charge in [0.05, 0.1) is 29.2 Å². The maximum atomic E-state index is 14.5. The lowest BCUT2D eigenvalue weighted by Crippen LogP contribution is -2.61. The second-order valence-electron chi connectivity index (χ2n) is 9.89. The van der Waals surface area contributed by atoms with E-state index in [9.17, 15) is 28.7 Å². The molecule has 2 amide bonds. The van der Waals surface area contributed by atoms with Gasteiger partial charge in [-0.25, -0.2) is 14.2 Å². The van der Waals surface area contributed by atoms with Crippen molar-refractivity contribution in [3.63, 3.8) is 0 Å². The van der Waals surface area contributed by atoms with Crippen molar-refractivity contribution in [3.05, 3.63) is 53.5 Å². The van der Waals surface area contributed by atoms with Crippen LogP contribution in [0.25, 0.3) is 5.57 Å². The third-order valence-electron chi connectivity index (χ3n) is 6.19. The Morgan fingerprint density at radius 2 is 2.03 bits per heavy atom. The van der Waals surface area contributed by atoms with E-state index >= 15 is 0 Å². The number of imidazole rings is 1. The molecule has 0 aliphatic carbocycles. The number of halogens is 1. The number of fused-ring (bicyclic) bond motifs is 1. The first kappa shape index (κ1) is 26.0. The topological polar surface area (TPSA) is 151 Å². The molecule has 196 valence electrons. The van der Waals surface area contributed by atoms with Gasteiger partial charge in [0, 0.05) is 12.4 Å². The third kappa shape index (κ3) is 4.96. The van der Waals surface area contributed by atoms with Gasteiger partial charge in [-0.2, -0.15) is 0 Å². The number of esters is 2. The third-order valence-corrected chi connectivity index (χ3v) is 6.19. The Hall–Kier alpha value is -4.06. The SMILES string of the molecule is C[C@@H](O)[C@H]1C(=O)N2C(C(=O)OCOC(=O)C(C)(C)C)=C(c3ccc(F)c(NC(=O)c4ncc[nH]4)c3)C[C@H]12. The number of hydrogen-bond acceptors (Lipinski definition) is 8. The predicted octanol–water partition coefficient (Wildman–Crippen LogP) is 2.21. The fourth-order valence-corrected chi connectivity index (χ4v) is 4.32. The summed E-state index contributed by atoms with van der Waals surface area (Å²) in [4.78, 5) is 57.9. The highest BCUT2D eigenvalue weighted by atomic mass is 19.1. The number of nitrogens with zero attached hydrogens (tertiary/aromatic N) is 2. The van der Waals surface area contributed by atoms with Crippen LogP contribution >= 0.6 is 0 Å². The van der Waals surface area contributed by atoms with E-state index in [-0.39, 0.29) is 23.6 Å². The molecule has 4 rings (SSSR count). The minimum atomic E-state index is -0.950. The first-order chi connectivity index (χ1) is 17.4. The molecule has 3 atom stereocenters. The van der Waals surface area contributed by atoms with Crippen molar-refractivity contribution in [2.24, 2.45) is 11.3 Å². The summed E-state index contributed by atoms with van der Waals surface area (Å²) in [5, 5.41) is 12.5. The number of hydrogen-bond donors (Lipinski definition) is 3. The number of carbonyl (C=O) groups is 4. The number of benzene rings is 1. The number of ether oxygens (including phenoxy) is 2. The van der Waals surface area contributed by atoms with E-state index in [1.165, 1.54) is 36.4 Å². The van der Waals surface area contributed by atoms with Crippen LogP contribution in [0.3, 0.4) is 0 Å². The number of rotatable bonds is 7. The lowest BCUT2D eigenvalue weighted by molar-refractivity contribution is -0.175. The predicted molar refractivity (Wildman–Crippen MR) is 127 cm³/mol. The molecule has 12 heteroatoms. The average Bonchev–Trinajstić information content (AvgIpc) is 3.46. The first-order valence-electron chi connectivity index (χ1n) is 11.6. The average molecular weight is 515 g/mol. The second kappa shape index (κ2) is 9.77. The number of amides is 2. The van der Waals surface area contributed by atoms with Gasteiger partial charge in [0.25, 0.3) is 5.91 Å². The van der Waals surface area contributed by atoms with Crippen molar-refractivity contribution in [2.45, 2.75) is 46.3 Å². The quantitative estimate of drug-likeness (QED) is 0.289. The number of nitrogens with one attached hydrogen (secondary N) is 2. The van der Waals surface area contributed by atoms with Crippen LogP contribution in [0, 0.1) is 17.2 Å². The molecule has 2 aliphatic heterocycles. The highest BCUT2D eigenvalue weighted by Gasteiger charge is 2.57. The minimum Gasteiger partial charge on any atom is -0.427 e. The van der Waals surface area contributed by atoms with Gasteiger partial charge in [-0.3, -0.25) is 14.4 Å². The fourth-order valence-electron chi connectivity index (χ4n) is 4.32. The standard InChI is InChI=1S/C25H27FN4O7/c1-12(31)18-17-10-14(13-5-6-15(26)16(9-13)29-21(32)20-27-7-8-28-20)19(30(17)22(18)33)23(34)36-11-37-24(35)25(2,3)4/h5-9,12,17-18,31H,10-11H2,1-4H3,(H,27,28)(H,29,32)/t12-,17-,18-/m1/s1. The molecule has 2 aliphatic rings. The monoisotopic (exact) mass is 514 g/mol. The van der Waals surface area contributed by atoms with E-state index < -0.39 is 59.8 Å². The van der Waals surface area contributed by atoms with Crippen LogP contribution in [0.15, 0.2) is 36.3 Å². The van der Waals surface area contributed by atoms with Crippen LogP contribution in [-0.2, 0) is 23.9 Å². The highest BCUT2D eigenvalue weighted by Crippen LogP contribution is 2.47. The summed E-state index contributed by atoms with van der Waals surface area (Å²) in [6, 6.07) is 3.37. The van der Waals surface area contributed by atoms with Crippen molar-refractivity contribution < 1.29 is 38.1 Å². The normalized spacial score (nSPS) is 19.7. The number of aliphatic hydroxyl groups excluding tert-OH is 1. The zero-order valence-electron chi connectivity index (χ0n) is 20.7. The number of β-lactam (4-membered cyclic amide) rings is 1. The zero-order valence-corrected chi connectivity index (χ0v) is 20.7. The molecule has 37 heavy (non-hydrogen) atoms. The Balaban J connectivity index is 1.63. The largest absolute Gasteiger partial charge is 0.427 e. The number of aromatic amines is 1. The smallest absolute Gasteiger partial charge is 0.358 e. The van der Waals surface area contributed by atoms with E-state index in [4.69, 9.17) is 9.47 Å². The number of anilines is 1. The molecule has 0 unspecified atom stereocenters. The number of aliphatic hydroxyl groups is 1. The van der Waals surface area contributed by atoms with Gasteiger partial charge >= 0.3 is 11.9 Å². The van der Waals surface area contributed by atoms with Crippen LogP contribution < -0.4 is 5.32 Å². The summed E-state index contributed by atoms with van der Waals surface area (Å²) in [6.07, 6.45) is 2.06. The minimum absolute atomic E-state index is 0.0199. The molecule has 1 aromatic carbocycles. The number of carbonyl (C=O) groups excluding carboxylic acids is 4. The molecule has 0 bridgehead atoms. The van der Waals surface area contributed by atoms with Crippen molar-refractivity contribution >= 4 is 35.0 Å². The molecule has 1 fully saturated rings. The van der Waals surface area contributed by atoms with Crippen molar-refractivity contribution in [1.82, 2.24) is 14.9 Å². The molecule has 0 radical (unpaired) electrons. The summed E-state index contributed by atoms with van der Waals surface area (Å²) in [6.45, 7) is 5.76. The van der Waals surface area contributed by atoms with E-state index in [0.29, 0.717) is 11.1 Å². The van der Waals surface area contributed by atoms with Crippen LogP contribution in [0.5, 0.6) is 0 Å². The van der Waals surface area contributed by atoms with Crippen molar-refractivity contribution in [3.8, 4) is 0 Å². The Kier molecular flexibility index (Phi) is 6.87. The van der Waals surface area contributed by atoms with E-state index in [1.54, 1.807) is 20.8 Å². The summed E-state index contributed by atoms with van der Waals surface area (Å²) in [7, 11) is 0. The number of aromatic nitrogens is 2. The van der Waals surface area contributed by atoms with Crippen LogP contribution in [0.2, 0.25) is 0 Å². The van der Waals surface area contributed by atoms with Crippen molar-refractivity contribution in [1.29, 1.82) is 0 Å². The molecule has 1 saturated heterocycles. The van der Waals surface area contributed by atoms with Crippen LogP contribution in [0.4, 0.5) is 10.1 Å². The Bertz CT molecular complexity index is 1280. The Morgan fingerprint density at radius 3 is 2.65 bits per heavy atom. The summed E-state index contributed by atoms with van der Waals surface area (Å²) in [5.41, 5.74) is -0.333. The van der Waals surface area contributed by atoms with Gasteiger partial charge in [-0.15, -0.1) is 0 Å².